The van der Waals surface area contributed by atoms with Gasteiger partial charge in [-0.2, -0.15) is 0 Å². The van der Waals surface area contributed by atoms with Gasteiger partial charge in [0.05, 0.1) is 10.2 Å². The Morgan fingerprint density at radius 3 is 2.50 bits per heavy atom. The number of benzene rings is 1. The van der Waals surface area contributed by atoms with Gasteiger partial charge in [-0.1, -0.05) is 0 Å². The van der Waals surface area contributed by atoms with E-state index in [1.807, 2.05) is 0 Å². The predicted molar refractivity (Wildman–Crippen MR) is 65.4 cm³/mol. The Bertz CT molecular complexity index is 637. The monoisotopic (exact) mass is 315 g/mol. The molecule has 1 heterocycles. The van der Waals surface area contributed by atoms with Crippen molar-refractivity contribution in [3.05, 3.63) is 46.1 Å². The molecule has 1 aromatic carbocycles. The maximum absolute atomic E-state index is 13.7. The molecule has 0 amide bonds. The van der Waals surface area contributed by atoms with Gasteiger partial charge in [0.25, 0.3) is 0 Å². The van der Waals surface area contributed by atoms with E-state index in [4.69, 9.17) is 5.11 Å². The molecule has 0 saturated heterocycles. The number of aromatic carboxylic acids is 1. The lowest BCUT2D eigenvalue weighted by Gasteiger charge is -2.07. The molecule has 0 aliphatic rings. The lowest BCUT2D eigenvalue weighted by atomic mass is 10.1. The van der Waals surface area contributed by atoms with Crippen molar-refractivity contribution in [3.63, 3.8) is 0 Å². The van der Waals surface area contributed by atoms with E-state index in [-0.39, 0.29) is 15.7 Å². The van der Waals surface area contributed by atoms with Crippen LogP contribution in [0.4, 0.5) is 8.78 Å². The molecule has 6 heteroatoms. The minimum Gasteiger partial charge on any atom is -0.477 e. The highest BCUT2D eigenvalue weighted by molar-refractivity contribution is 9.10. The summed E-state index contributed by atoms with van der Waals surface area (Å²) in [6.07, 6.45) is 0. The molecule has 0 saturated carbocycles. The van der Waals surface area contributed by atoms with Crippen LogP contribution in [0.25, 0.3) is 11.3 Å². The molecule has 94 valence electrons. The highest BCUT2D eigenvalue weighted by Gasteiger charge is 2.16. The Balaban J connectivity index is 2.63. The van der Waals surface area contributed by atoms with Crippen molar-refractivity contribution in [2.75, 3.05) is 0 Å². The van der Waals surface area contributed by atoms with Gasteiger partial charge in [-0.25, -0.2) is 13.6 Å². The molecule has 0 radical (unpaired) electrons. The van der Waals surface area contributed by atoms with Crippen LogP contribution in [0.1, 0.15) is 10.5 Å². The number of halogens is 3. The average Bonchev–Trinajstić information content (AvgIpc) is 2.66. The lowest BCUT2D eigenvalue weighted by molar-refractivity contribution is 0.0686. The zero-order valence-electron chi connectivity index (χ0n) is 9.25. The molecule has 18 heavy (non-hydrogen) atoms. The first-order valence-corrected chi connectivity index (χ1v) is 5.75. The molecule has 0 aliphatic carbocycles. The Hall–Kier alpha value is -1.69. The van der Waals surface area contributed by atoms with Crippen LogP contribution in [-0.4, -0.2) is 15.6 Å². The highest BCUT2D eigenvalue weighted by atomic mass is 79.9. The maximum atomic E-state index is 13.7. The standard InChI is InChI=1S/C12H8BrF2NO2/c1-16-10(2-3-11(16)12(17)18)6-4-9(15)7(13)5-8(6)14/h2-5H,1H3,(H,17,18). The fourth-order valence-corrected chi connectivity index (χ4v) is 2.03. The number of carboxylic acid groups (broad SMARTS) is 1. The van der Waals surface area contributed by atoms with Crippen molar-refractivity contribution >= 4 is 21.9 Å². The number of carboxylic acids is 1. The molecule has 0 spiro atoms. The zero-order valence-corrected chi connectivity index (χ0v) is 10.8. The number of hydrogen-bond donors (Lipinski definition) is 1. The number of rotatable bonds is 2. The van der Waals surface area contributed by atoms with E-state index in [9.17, 15) is 13.6 Å². The smallest absolute Gasteiger partial charge is 0.352 e. The Morgan fingerprint density at radius 2 is 1.94 bits per heavy atom. The van der Waals surface area contributed by atoms with E-state index in [1.165, 1.54) is 23.7 Å². The Kier molecular flexibility index (Phi) is 3.21. The first kappa shape index (κ1) is 12.8. The van der Waals surface area contributed by atoms with Gasteiger partial charge in [-0.3, -0.25) is 0 Å². The third-order valence-electron chi connectivity index (χ3n) is 2.63. The van der Waals surface area contributed by atoms with Gasteiger partial charge < -0.3 is 9.67 Å². The van der Waals surface area contributed by atoms with Crippen LogP contribution >= 0.6 is 15.9 Å². The van der Waals surface area contributed by atoms with Crippen LogP contribution in [0.2, 0.25) is 0 Å². The normalized spacial score (nSPS) is 10.7. The van der Waals surface area contributed by atoms with Crippen molar-refractivity contribution in [1.29, 1.82) is 0 Å². The minimum absolute atomic E-state index is 0.00715. The van der Waals surface area contributed by atoms with Crippen molar-refractivity contribution in [1.82, 2.24) is 4.57 Å². The van der Waals surface area contributed by atoms with E-state index in [2.05, 4.69) is 15.9 Å². The quantitative estimate of drug-likeness (QED) is 0.863. The summed E-state index contributed by atoms with van der Waals surface area (Å²) >= 11 is 2.88. The van der Waals surface area contributed by atoms with Gasteiger partial charge in [0.15, 0.2) is 0 Å². The molecule has 1 aromatic heterocycles. The molecule has 0 aliphatic heterocycles. The average molecular weight is 316 g/mol. The van der Waals surface area contributed by atoms with E-state index < -0.39 is 17.6 Å². The molecule has 3 nitrogen and oxygen atoms in total. The summed E-state index contributed by atoms with van der Waals surface area (Å²) in [5.41, 5.74) is 0.328. The van der Waals surface area contributed by atoms with Crippen LogP contribution in [-0.2, 0) is 7.05 Å². The highest BCUT2D eigenvalue weighted by Crippen LogP contribution is 2.29. The fraction of sp³-hybridized carbons (Fsp3) is 0.0833. The van der Waals surface area contributed by atoms with Gasteiger partial charge in [-0.05, 0) is 40.2 Å². The summed E-state index contributed by atoms with van der Waals surface area (Å²) in [5, 5.41) is 8.90. The summed E-state index contributed by atoms with van der Waals surface area (Å²) < 4.78 is 28.5. The first-order valence-electron chi connectivity index (χ1n) is 4.95. The lowest BCUT2D eigenvalue weighted by Crippen LogP contribution is -2.05. The first-order chi connectivity index (χ1) is 8.41. The number of carbonyl (C=O) groups is 1. The van der Waals surface area contributed by atoms with Crippen LogP contribution < -0.4 is 0 Å². The van der Waals surface area contributed by atoms with Crippen molar-refractivity contribution in [2.45, 2.75) is 0 Å². The van der Waals surface area contributed by atoms with Gasteiger partial charge in [0, 0.05) is 12.6 Å². The van der Waals surface area contributed by atoms with Gasteiger partial charge in [0.2, 0.25) is 0 Å². The maximum Gasteiger partial charge on any atom is 0.352 e. The molecule has 0 fully saturated rings. The van der Waals surface area contributed by atoms with Crippen LogP contribution in [0, 0.1) is 11.6 Å². The fourth-order valence-electron chi connectivity index (χ4n) is 1.72. The van der Waals surface area contributed by atoms with E-state index in [0.717, 1.165) is 12.1 Å². The van der Waals surface area contributed by atoms with Gasteiger partial charge in [-0.15, -0.1) is 0 Å². The van der Waals surface area contributed by atoms with Crippen molar-refractivity contribution < 1.29 is 18.7 Å². The minimum atomic E-state index is -1.12. The predicted octanol–water partition coefficient (Wildman–Crippen LogP) is 3.43. The molecule has 1 N–H and O–H groups in total. The summed E-state index contributed by atoms with van der Waals surface area (Å²) in [4.78, 5) is 10.9. The van der Waals surface area contributed by atoms with Gasteiger partial charge in [0.1, 0.15) is 17.3 Å². The SMILES string of the molecule is Cn1c(C(=O)O)ccc1-c1cc(F)c(Br)cc1F. The van der Waals surface area contributed by atoms with Crippen molar-refractivity contribution in [3.8, 4) is 11.3 Å². The van der Waals surface area contributed by atoms with Crippen LogP contribution in [0.15, 0.2) is 28.7 Å². The van der Waals surface area contributed by atoms with Crippen LogP contribution in [0.5, 0.6) is 0 Å². The third-order valence-corrected chi connectivity index (χ3v) is 3.23. The van der Waals surface area contributed by atoms with E-state index in [1.54, 1.807) is 0 Å². The molecule has 0 bridgehead atoms. The largest absolute Gasteiger partial charge is 0.477 e. The summed E-state index contributed by atoms with van der Waals surface area (Å²) in [6.45, 7) is 0. The Labute approximate surface area is 110 Å². The number of nitrogens with zero attached hydrogens (tertiary/aromatic N) is 1. The topological polar surface area (TPSA) is 42.2 Å². The van der Waals surface area contributed by atoms with Gasteiger partial charge >= 0.3 is 5.97 Å². The number of aromatic nitrogens is 1. The summed E-state index contributed by atoms with van der Waals surface area (Å²) in [7, 11) is 1.48. The van der Waals surface area contributed by atoms with Crippen molar-refractivity contribution in [2.24, 2.45) is 7.05 Å². The molecular weight excluding hydrogens is 308 g/mol. The summed E-state index contributed by atoms with van der Waals surface area (Å²) in [5.74, 6) is -2.35. The molecular formula is C12H8BrF2NO2. The second kappa shape index (κ2) is 4.53. The molecule has 0 atom stereocenters. The molecule has 2 rings (SSSR count). The second-order valence-corrected chi connectivity index (χ2v) is 4.57. The second-order valence-electron chi connectivity index (χ2n) is 3.71. The Morgan fingerprint density at radius 1 is 1.28 bits per heavy atom. The van der Waals surface area contributed by atoms with E-state index in [0.29, 0.717) is 5.69 Å². The third kappa shape index (κ3) is 2.03. The molecule has 0 unspecified atom stereocenters. The summed E-state index contributed by atoms with van der Waals surface area (Å²) in [6, 6.07) is 4.82. The van der Waals surface area contributed by atoms with E-state index >= 15 is 0 Å². The number of hydrogen-bond acceptors (Lipinski definition) is 1. The van der Waals surface area contributed by atoms with Crippen LogP contribution in [0.3, 0.4) is 0 Å². The zero-order chi connectivity index (χ0) is 13.4. The molecule has 2 aromatic rings.